The van der Waals surface area contributed by atoms with E-state index in [0.717, 1.165) is 0 Å². The SMILES string of the molecule is COC(=O)C1=C[C@H](O)C[C@H]2[C@]3(C)C[C@@H](c4ccoc4)OC(=O)[C@H]3C[C@H](O[C@H]3O[C@@H](CO)[C@@H](O)[C@@H](O)[C@@H]3O)[C@@]12C. The smallest absolute Gasteiger partial charge is 0.334 e. The molecule has 0 unspecified atom stereocenters. The molecule has 2 aliphatic heterocycles. The van der Waals surface area contributed by atoms with Gasteiger partial charge in [0.2, 0.25) is 0 Å². The molecule has 3 fully saturated rings. The van der Waals surface area contributed by atoms with E-state index in [-0.39, 0.29) is 18.4 Å². The Labute approximate surface area is 225 Å². The van der Waals surface area contributed by atoms with Crippen LogP contribution in [0.25, 0.3) is 0 Å². The zero-order valence-corrected chi connectivity index (χ0v) is 22.0. The number of ether oxygens (including phenoxy) is 4. The van der Waals surface area contributed by atoms with Crippen molar-refractivity contribution in [3.05, 3.63) is 35.8 Å². The largest absolute Gasteiger partial charge is 0.472 e. The fourth-order valence-electron chi connectivity index (χ4n) is 7.33. The van der Waals surface area contributed by atoms with Crippen molar-refractivity contribution in [2.75, 3.05) is 13.7 Å². The Balaban J connectivity index is 1.56. The normalized spacial score (nSPS) is 45.9. The number of cyclic esters (lactones) is 1. The second-order valence-electron chi connectivity index (χ2n) is 11.5. The molecule has 0 amide bonds. The molecule has 1 saturated carbocycles. The van der Waals surface area contributed by atoms with Gasteiger partial charge in [-0.2, -0.15) is 0 Å². The summed E-state index contributed by atoms with van der Waals surface area (Å²) < 4.78 is 28.0. The zero-order chi connectivity index (χ0) is 28.3. The summed E-state index contributed by atoms with van der Waals surface area (Å²) in [6.45, 7) is 3.11. The molecule has 0 spiro atoms. The van der Waals surface area contributed by atoms with Crippen LogP contribution in [-0.2, 0) is 28.5 Å². The van der Waals surface area contributed by atoms with Crippen molar-refractivity contribution in [3.8, 4) is 0 Å². The van der Waals surface area contributed by atoms with Crippen LogP contribution in [0.2, 0.25) is 0 Å². The van der Waals surface area contributed by atoms with Crippen molar-refractivity contribution < 1.29 is 58.5 Å². The maximum Gasteiger partial charge on any atom is 0.334 e. The molecule has 216 valence electrons. The fraction of sp³-hybridized carbons (Fsp3) is 0.704. The lowest BCUT2D eigenvalue weighted by Crippen LogP contribution is -2.65. The van der Waals surface area contributed by atoms with Crippen molar-refractivity contribution in [2.24, 2.45) is 22.7 Å². The van der Waals surface area contributed by atoms with Gasteiger partial charge in [0, 0.05) is 16.6 Å². The van der Waals surface area contributed by atoms with Gasteiger partial charge in [0.1, 0.15) is 30.5 Å². The van der Waals surface area contributed by atoms with Crippen molar-refractivity contribution in [2.45, 2.75) is 82.1 Å². The highest BCUT2D eigenvalue weighted by Gasteiger charge is 2.66. The number of rotatable bonds is 5. The van der Waals surface area contributed by atoms with Crippen LogP contribution >= 0.6 is 0 Å². The molecule has 2 saturated heterocycles. The van der Waals surface area contributed by atoms with Crippen LogP contribution in [0.15, 0.2) is 34.7 Å². The van der Waals surface area contributed by atoms with Crippen molar-refractivity contribution in [1.82, 2.24) is 0 Å². The number of carbonyl (C=O) groups excluding carboxylic acids is 2. The molecule has 5 N–H and O–H groups in total. The molecule has 0 radical (unpaired) electrons. The first-order valence-electron chi connectivity index (χ1n) is 13.1. The first-order valence-corrected chi connectivity index (χ1v) is 13.1. The topological polar surface area (TPSA) is 185 Å². The molecule has 1 aromatic rings. The first-order chi connectivity index (χ1) is 18.4. The van der Waals surface area contributed by atoms with E-state index < -0.39 is 90.2 Å². The summed E-state index contributed by atoms with van der Waals surface area (Å²) in [5.74, 6) is -2.33. The van der Waals surface area contributed by atoms with Gasteiger partial charge in [0.05, 0.1) is 44.4 Å². The number of esters is 2. The van der Waals surface area contributed by atoms with Crippen LogP contribution in [0.3, 0.4) is 0 Å². The maximum atomic E-state index is 13.5. The van der Waals surface area contributed by atoms with Gasteiger partial charge >= 0.3 is 11.9 Å². The molecular formula is C27H36O12. The maximum absolute atomic E-state index is 13.5. The number of methoxy groups -OCH3 is 1. The van der Waals surface area contributed by atoms with E-state index in [1.54, 1.807) is 13.0 Å². The molecule has 2 aliphatic carbocycles. The zero-order valence-electron chi connectivity index (χ0n) is 22.0. The van der Waals surface area contributed by atoms with Crippen LogP contribution in [0.4, 0.5) is 0 Å². The Morgan fingerprint density at radius 1 is 1.13 bits per heavy atom. The fourth-order valence-corrected chi connectivity index (χ4v) is 7.33. The number of aliphatic hydroxyl groups excluding tert-OH is 5. The van der Waals surface area contributed by atoms with Crippen molar-refractivity contribution in [3.63, 3.8) is 0 Å². The average Bonchev–Trinajstić information content (AvgIpc) is 3.45. The molecule has 0 bridgehead atoms. The van der Waals surface area contributed by atoms with Crippen LogP contribution in [-0.4, -0.2) is 94.1 Å². The van der Waals surface area contributed by atoms with Crippen LogP contribution in [0.1, 0.15) is 44.8 Å². The molecule has 1 aromatic heterocycles. The molecule has 3 heterocycles. The summed E-state index contributed by atoms with van der Waals surface area (Å²) >= 11 is 0. The van der Waals surface area contributed by atoms with Gasteiger partial charge in [-0.1, -0.05) is 13.8 Å². The number of fused-ring (bicyclic) bond motifs is 3. The Morgan fingerprint density at radius 2 is 1.87 bits per heavy atom. The Bertz CT molecular complexity index is 1100. The van der Waals surface area contributed by atoms with Crippen molar-refractivity contribution >= 4 is 11.9 Å². The van der Waals surface area contributed by atoms with E-state index in [0.29, 0.717) is 12.0 Å². The van der Waals surface area contributed by atoms with E-state index in [4.69, 9.17) is 23.4 Å². The molecule has 39 heavy (non-hydrogen) atoms. The summed E-state index contributed by atoms with van der Waals surface area (Å²) in [4.78, 5) is 26.6. The first kappa shape index (κ1) is 28.2. The number of carbonyl (C=O) groups is 2. The Kier molecular flexibility index (Phi) is 7.42. The van der Waals surface area contributed by atoms with E-state index in [1.165, 1.54) is 25.7 Å². The highest BCUT2D eigenvalue weighted by Crippen LogP contribution is 2.65. The highest BCUT2D eigenvalue weighted by molar-refractivity contribution is 5.91. The van der Waals surface area contributed by atoms with Gasteiger partial charge in [-0.15, -0.1) is 0 Å². The predicted octanol–water partition coefficient (Wildman–Crippen LogP) is -0.0346. The number of furan rings is 1. The average molecular weight is 553 g/mol. The van der Waals surface area contributed by atoms with Crippen LogP contribution < -0.4 is 0 Å². The van der Waals surface area contributed by atoms with E-state index in [9.17, 15) is 35.1 Å². The number of hydrogen-bond donors (Lipinski definition) is 5. The van der Waals surface area contributed by atoms with E-state index >= 15 is 0 Å². The van der Waals surface area contributed by atoms with Crippen LogP contribution in [0, 0.1) is 22.7 Å². The van der Waals surface area contributed by atoms with E-state index in [2.05, 4.69) is 0 Å². The minimum Gasteiger partial charge on any atom is -0.472 e. The van der Waals surface area contributed by atoms with Crippen LogP contribution in [0.5, 0.6) is 0 Å². The van der Waals surface area contributed by atoms with Gasteiger partial charge in [-0.05, 0) is 42.7 Å². The lowest BCUT2D eigenvalue weighted by atomic mass is 9.44. The minimum atomic E-state index is -1.68. The molecular weight excluding hydrogens is 516 g/mol. The molecule has 12 nitrogen and oxygen atoms in total. The standard InChI is InChI=1S/C27H36O12/c1-26-9-16(12-4-5-36-11-12)37-24(34)14(26)8-19(39-25-22(32)21(31)20(30)17(10-28)38-25)27(2)15(23(33)35-3)6-13(29)7-18(26)27/h4-6,11,13-14,16-22,25,28-32H,7-10H2,1-3H3/t13-,14+,16-,17-,18-,19-,20+,21+,22-,25+,26+,27-/m0/s1. The minimum absolute atomic E-state index is 0.0693. The third kappa shape index (κ3) is 4.42. The molecule has 0 aromatic carbocycles. The lowest BCUT2D eigenvalue weighted by molar-refractivity contribution is -0.329. The second kappa shape index (κ2) is 10.3. The van der Waals surface area contributed by atoms with Gasteiger partial charge < -0.3 is 48.9 Å². The van der Waals surface area contributed by atoms with Gasteiger partial charge in [0.15, 0.2) is 6.29 Å². The van der Waals surface area contributed by atoms with Gasteiger partial charge in [-0.25, -0.2) is 4.79 Å². The molecule has 12 atom stereocenters. The molecule has 12 heteroatoms. The lowest BCUT2D eigenvalue weighted by Gasteiger charge is -2.62. The number of aliphatic hydroxyl groups is 5. The predicted molar refractivity (Wildman–Crippen MR) is 129 cm³/mol. The van der Waals surface area contributed by atoms with Gasteiger partial charge in [0.25, 0.3) is 0 Å². The Morgan fingerprint density at radius 3 is 2.51 bits per heavy atom. The van der Waals surface area contributed by atoms with E-state index in [1.807, 2.05) is 6.92 Å². The van der Waals surface area contributed by atoms with Gasteiger partial charge in [-0.3, -0.25) is 4.79 Å². The summed E-state index contributed by atoms with van der Waals surface area (Å²) in [6.07, 6.45) is -5.02. The molecule has 5 rings (SSSR count). The van der Waals surface area contributed by atoms with Crippen molar-refractivity contribution in [1.29, 1.82) is 0 Å². The molecule has 4 aliphatic rings. The second-order valence-corrected chi connectivity index (χ2v) is 11.5. The quantitative estimate of drug-likeness (QED) is 0.308. The summed E-state index contributed by atoms with van der Waals surface area (Å²) in [6, 6.07) is 1.73. The third-order valence-corrected chi connectivity index (χ3v) is 9.49. The number of hydrogen-bond acceptors (Lipinski definition) is 12. The Hall–Kier alpha value is -2.32. The monoisotopic (exact) mass is 552 g/mol. The third-order valence-electron chi connectivity index (χ3n) is 9.49. The summed E-state index contributed by atoms with van der Waals surface area (Å²) in [5.41, 5.74) is -1.02. The summed E-state index contributed by atoms with van der Waals surface area (Å²) in [7, 11) is 1.23. The highest BCUT2D eigenvalue weighted by atomic mass is 16.7. The summed E-state index contributed by atoms with van der Waals surface area (Å²) in [5, 5.41) is 51.7.